The Hall–Kier alpha value is -1.65. The van der Waals surface area contributed by atoms with Crippen molar-refractivity contribution in [1.82, 2.24) is 5.48 Å². The van der Waals surface area contributed by atoms with Gasteiger partial charge in [0.2, 0.25) is 6.41 Å². The third kappa shape index (κ3) is 4.18. The smallest absolute Gasteiger partial charge is 0.230 e. The minimum absolute atomic E-state index is 0.567. The van der Waals surface area contributed by atoms with Gasteiger partial charge in [0.15, 0.2) is 0 Å². The van der Waals surface area contributed by atoms with Crippen molar-refractivity contribution in [2.75, 3.05) is 6.61 Å². The summed E-state index contributed by atoms with van der Waals surface area (Å²) in [5.41, 5.74) is 3.64. The quantitative estimate of drug-likeness (QED) is 0.367. The molecule has 0 heterocycles. The maximum atomic E-state index is 10.1. The van der Waals surface area contributed by atoms with Crippen LogP contribution in [0.5, 0.6) is 0 Å². The molecule has 2 rings (SSSR count). The van der Waals surface area contributed by atoms with Crippen molar-refractivity contribution in [3.8, 4) is 0 Å². The van der Waals surface area contributed by atoms with Crippen molar-refractivity contribution in [3.05, 3.63) is 48.0 Å². The van der Waals surface area contributed by atoms with Gasteiger partial charge in [0.05, 0.1) is 14.7 Å². The highest BCUT2D eigenvalue weighted by Gasteiger charge is 2.21. The Bertz CT molecular complexity index is 583. The molecule has 0 bridgehead atoms. The second-order valence-corrected chi connectivity index (χ2v) is 11.0. The molecule has 1 amide bonds. The van der Waals surface area contributed by atoms with Gasteiger partial charge < -0.3 is 0 Å². The van der Waals surface area contributed by atoms with Gasteiger partial charge in [-0.2, -0.15) is 0 Å². The monoisotopic (exact) mass is 287 g/mol. The molecule has 0 spiro atoms. The first-order valence-corrected chi connectivity index (χ1v) is 10.3. The van der Waals surface area contributed by atoms with Crippen LogP contribution in [0.25, 0.3) is 10.8 Å². The van der Waals surface area contributed by atoms with Crippen LogP contribution in [0, 0.1) is 0 Å². The fourth-order valence-corrected chi connectivity index (χ4v) is 4.57. The Morgan fingerprint density at radius 1 is 1.15 bits per heavy atom. The average molecular weight is 287 g/mol. The van der Waals surface area contributed by atoms with E-state index in [4.69, 9.17) is 4.84 Å². The van der Waals surface area contributed by atoms with Crippen molar-refractivity contribution < 1.29 is 9.63 Å². The molecule has 20 heavy (non-hydrogen) atoms. The van der Waals surface area contributed by atoms with E-state index in [2.05, 4.69) is 61.0 Å². The zero-order valence-corrected chi connectivity index (χ0v) is 13.1. The van der Waals surface area contributed by atoms with E-state index in [1.165, 1.54) is 16.3 Å². The molecule has 1 N–H and O–H groups in total. The largest absolute Gasteiger partial charge is 0.277 e. The molecule has 0 saturated carbocycles. The first kappa shape index (κ1) is 14.7. The number of hydroxylamine groups is 1. The molecule has 0 saturated heterocycles. The first-order valence-electron chi connectivity index (χ1n) is 6.89. The second-order valence-electron chi connectivity index (χ2n) is 5.86. The van der Waals surface area contributed by atoms with Crippen LogP contribution in [0.4, 0.5) is 0 Å². The zero-order chi connectivity index (χ0) is 14.4. The van der Waals surface area contributed by atoms with Gasteiger partial charge in [-0.15, -0.1) is 0 Å². The van der Waals surface area contributed by atoms with Crippen LogP contribution >= 0.6 is 0 Å². The summed E-state index contributed by atoms with van der Waals surface area (Å²) in [5, 5.41) is 2.59. The standard InChI is InChI=1S/C16H21NO2Si/c1-20(2,10-9-19-17-13-18)12-14-7-8-15-5-3-4-6-16(15)11-14/h3-8,11,13H,9-10,12H2,1-2H3,(H,17,18). The topological polar surface area (TPSA) is 38.3 Å². The van der Waals surface area contributed by atoms with Crippen molar-refractivity contribution in [3.63, 3.8) is 0 Å². The number of benzene rings is 2. The van der Waals surface area contributed by atoms with Gasteiger partial charge in [-0.3, -0.25) is 9.63 Å². The number of rotatable bonds is 7. The van der Waals surface area contributed by atoms with Crippen LogP contribution in [0.1, 0.15) is 5.56 Å². The molecule has 0 fully saturated rings. The number of hydrogen-bond donors (Lipinski definition) is 1. The first-order chi connectivity index (χ1) is 9.61. The number of fused-ring (bicyclic) bond motifs is 1. The van der Waals surface area contributed by atoms with Gasteiger partial charge in [0.1, 0.15) is 0 Å². The van der Waals surface area contributed by atoms with Crippen LogP contribution in [0.2, 0.25) is 19.1 Å². The van der Waals surface area contributed by atoms with Gasteiger partial charge in [-0.05, 0) is 22.9 Å². The summed E-state index contributed by atoms with van der Waals surface area (Å²) in [5.74, 6) is 0. The number of carbonyl (C=O) groups is 1. The van der Waals surface area contributed by atoms with E-state index in [0.29, 0.717) is 13.0 Å². The fourth-order valence-electron chi connectivity index (χ4n) is 2.41. The molecule has 0 aliphatic rings. The van der Waals surface area contributed by atoms with E-state index < -0.39 is 8.07 Å². The van der Waals surface area contributed by atoms with E-state index in [1.807, 2.05) is 0 Å². The predicted octanol–water partition coefficient (Wildman–Crippen LogP) is 3.31. The number of amides is 1. The maximum absolute atomic E-state index is 10.1. The molecule has 0 aromatic heterocycles. The molecule has 3 nitrogen and oxygen atoms in total. The van der Waals surface area contributed by atoms with Crippen molar-refractivity contribution >= 4 is 25.3 Å². The van der Waals surface area contributed by atoms with Crippen molar-refractivity contribution in [2.45, 2.75) is 25.2 Å². The predicted molar refractivity (Wildman–Crippen MR) is 85.1 cm³/mol. The number of carbonyl (C=O) groups excluding carboxylic acids is 1. The van der Waals surface area contributed by atoms with Gasteiger partial charge in [-0.25, -0.2) is 5.48 Å². The van der Waals surface area contributed by atoms with Gasteiger partial charge in [-0.1, -0.05) is 61.1 Å². The lowest BCUT2D eigenvalue weighted by Crippen LogP contribution is -2.31. The van der Waals surface area contributed by atoms with Gasteiger partial charge >= 0.3 is 0 Å². The SMILES string of the molecule is C[Si](C)(CCONC=O)Cc1ccc2ccccc2c1. The Balaban J connectivity index is 2.00. The number of nitrogens with one attached hydrogen (secondary N) is 1. The highest BCUT2D eigenvalue weighted by molar-refractivity contribution is 6.76. The zero-order valence-electron chi connectivity index (χ0n) is 12.1. The van der Waals surface area contributed by atoms with Gasteiger partial charge in [0.25, 0.3) is 0 Å². The Morgan fingerprint density at radius 2 is 1.90 bits per heavy atom. The molecular formula is C16H21NO2Si. The third-order valence-corrected chi connectivity index (χ3v) is 6.43. The summed E-state index contributed by atoms with van der Waals surface area (Å²) in [6.07, 6.45) is 0.567. The highest BCUT2D eigenvalue weighted by Crippen LogP contribution is 2.21. The Kier molecular flexibility index (Phi) is 4.92. The number of hydrogen-bond acceptors (Lipinski definition) is 2. The van der Waals surface area contributed by atoms with E-state index >= 15 is 0 Å². The van der Waals surface area contributed by atoms with Crippen LogP contribution in [0.15, 0.2) is 42.5 Å². The molecule has 106 valence electrons. The fraction of sp³-hybridized carbons (Fsp3) is 0.312. The summed E-state index contributed by atoms with van der Waals surface area (Å²) < 4.78 is 0. The molecule has 0 radical (unpaired) electrons. The second kappa shape index (κ2) is 6.68. The summed E-state index contributed by atoms with van der Waals surface area (Å²) in [7, 11) is -1.36. The minimum Gasteiger partial charge on any atom is -0.277 e. The Labute approximate surface area is 120 Å². The Morgan fingerprint density at radius 3 is 2.65 bits per heavy atom. The lowest BCUT2D eigenvalue weighted by Gasteiger charge is -2.22. The minimum atomic E-state index is -1.36. The van der Waals surface area contributed by atoms with Crippen molar-refractivity contribution in [1.29, 1.82) is 0 Å². The molecule has 0 aliphatic heterocycles. The summed E-state index contributed by atoms with van der Waals surface area (Å²) in [4.78, 5) is 15.2. The summed E-state index contributed by atoms with van der Waals surface area (Å²) in [6, 6.07) is 17.3. The lowest BCUT2D eigenvalue weighted by molar-refractivity contribution is -0.120. The lowest BCUT2D eigenvalue weighted by atomic mass is 10.1. The van der Waals surface area contributed by atoms with E-state index in [9.17, 15) is 4.79 Å². The van der Waals surface area contributed by atoms with E-state index in [-0.39, 0.29) is 0 Å². The highest BCUT2D eigenvalue weighted by atomic mass is 28.3. The van der Waals surface area contributed by atoms with Crippen LogP contribution in [-0.2, 0) is 15.7 Å². The molecule has 4 heteroatoms. The van der Waals surface area contributed by atoms with E-state index in [1.54, 1.807) is 0 Å². The van der Waals surface area contributed by atoms with Crippen molar-refractivity contribution in [2.24, 2.45) is 0 Å². The molecule has 0 aliphatic carbocycles. The molecule has 2 aromatic rings. The van der Waals surface area contributed by atoms with E-state index in [0.717, 1.165) is 12.1 Å². The summed E-state index contributed by atoms with van der Waals surface area (Å²) >= 11 is 0. The molecule has 0 atom stereocenters. The molecular weight excluding hydrogens is 266 g/mol. The summed E-state index contributed by atoms with van der Waals surface area (Å²) in [6.45, 7) is 5.30. The van der Waals surface area contributed by atoms with Crippen LogP contribution < -0.4 is 5.48 Å². The maximum Gasteiger partial charge on any atom is 0.230 e. The van der Waals surface area contributed by atoms with Crippen LogP contribution in [0.3, 0.4) is 0 Å². The average Bonchev–Trinajstić information content (AvgIpc) is 2.43. The normalized spacial score (nSPS) is 11.5. The molecule has 0 unspecified atom stereocenters. The third-order valence-electron chi connectivity index (χ3n) is 3.51. The molecule has 2 aromatic carbocycles. The van der Waals surface area contributed by atoms with Gasteiger partial charge in [0, 0.05) is 0 Å². The van der Waals surface area contributed by atoms with Crippen LogP contribution in [-0.4, -0.2) is 21.1 Å².